The maximum atomic E-state index is 13.3. The Morgan fingerprint density at radius 1 is 0.644 bits per heavy atom. The Hall–Kier alpha value is -1.71. The maximum absolute atomic E-state index is 13.3. The summed E-state index contributed by atoms with van der Waals surface area (Å²) in [5, 5.41) is 13.2. The van der Waals surface area contributed by atoms with E-state index in [1.54, 1.807) is 18.9 Å². The fourth-order valence-corrected chi connectivity index (χ4v) is 10.3. The van der Waals surface area contributed by atoms with Crippen LogP contribution in [0.15, 0.2) is 35.5 Å². The zero-order valence-electron chi connectivity index (χ0n) is 39.6. The first-order valence-electron chi connectivity index (χ1n) is 24.8. The second-order valence-corrected chi connectivity index (χ2v) is 24.9. The van der Waals surface area contributed by atoms with Gasteiger partial charge in [0.15, 0.2) is 8.32 Å². The van der Waals surface area contributed by atoms with Gasteiger partial charge in [0.2, 0.25) is 5.16 Å². The summed E-state index contributed by atoms with van der Waals surface area (Å²) >= 11 is 1.73. The highest BCUT2D eigenvalue weighted by molar-refractivity contribution is 7.99. The summed E-state index contributed by atoms with van der Waals surface area (Å²) in [6, 6.07) is 10.1. The van der Waals surface area contributed by atoms with Gasteiger partial charge in [-0.1, -0.05) is 237 Å². The molecule has 0 bridgehead atoms. The smallest absolute Gasteiger partial charge is 0.311 e. The van der Waals surface area contributed by atoms with Crippen molar-refractivity contribution in [2.24, 2.45) is 5.92 Å². The van der Waals surface area contributed by atoms with Gasteiger partial charge in [-0.3, -0.25) is 4.79 Å². The van der Waals surface area contributed by atoms with E-state index in [-0.39, 0.29) is 23.0 Å². The summed E-state index contributed by atoms with van der Waals surface area (Å²) in [6.45, 7) is 13.9. The molecule has 1 heterocycles. The van der Waals surface area contributed by atoms with E-state index >= 15 is 0 Å². The van der Waals surface area contributed by atoms with Crippen LogP contribution >= 0.6 is 11.8 Å². The molecule has 2 atom stereocenters. The Morgan fingerprint density at radius 2 is 1.07 bits per heavy atom. The molecule has 0 fully saturated rings. The highest BCUT2D eigenvalue weighted by Crippen LogP contribution is 2.39. The van der Waals surface area contributed by atoms with Crippen molar-refractivity contribution >= 4 is 26.0 Å². The molecule has 0 spiro atoms. The number of ether oxygens (including phenoxy) is 1. The van der Waals surface area contributed by atoms with Gasteiger partial charge >= 0.3 is 5.97 Å². The van der Waals surface area contributed by atoms with Crippen LogP contribution in [-0.4, -0.2) is 53.5 Å². The van der Waals surface area contributed by atoms with Crippen LogP contribution in [0.2, 0.25) is 18.1 Å². The second kappa shape index (κ2) is 33.9. The second-order valence-electron chi connectivity index (χ2n) is 19.1. The van der Waals surface area contributed by atoms with Crippen molar-refractivity contribution in [3.05, 3.63) is 30.3 Å². The van der Waals surface area contributed by atoms with Gasteiger partial charge in [-0.2, -0.15) is 4.68 Å². The van der Waals surface area contributed by atoms with Crippen LogP contribution in [0.5, 0.6) is 0 Å². The number of hydrogen-bond donors (Lipinski definition) is 0. The van der Waals surface area contributed by atoms with E-state index in [1.165, 1.54) is 167 Å². The first kappa shape index (κ1) is 53.4. The first-order chi connectivity index (χ1) is 28.6. The molecule has 7 nitrogen and oxygen atoms in total. The lowest BCUT2D eigenvalue weighted by atomic mass is 9.91. The molecule has 2 rings (SSSR count). The standard InChI is InChI=1S/C50H92N4O3SSi/c1-8-9-10-11-12-13-14-15-16-17-18-19-20-21-22-23-24-25-26-28-31-37-42-46(48(55)56-5)47(57-59(6,7)50(2,3)4)43-38-32-29-27-30-33-39-44-58-49-51-52-53-54(49)45-40-35-34-36-41-45/h34-36,40-41,46-47H,8-33,37-39,42-44H2,1-7H3/t46-,47-/m1/s1. The number of rotatable bonds is 39. The Labute approximate surface area is 369 Å². The average molecular weight is 857 g/mol. The number of carbonyl (C=O) groups is 1. The molecular weight excluding hydrogens is 765 g/mol. The van der Waals surface area contributed by atoms with Crippen LogP contribution in [0.1, 0.15) is 227 Å². The molecule has 0 aliphatic carbocycles. The molecule has 0 aliphatic rings. The molecule has 1 aromatic heterocycles. The summed E-state index contributed by atoms with van der Waals surface area (Å²) in [6.07, 6.45) is 40.7. The number of methoxy groups -OCH3 is 1. The van der Waals surface area contributed by atoms with Crippen molar-refractivity contribution in [3.8, 4) is 5.69 Å². The van der Waals surface area contributed by atoms with Gasteiger partial charge in [0, 0.05) is 5.75 Å². The summed E-state index contributed by atoms with van der Waals surface area (Å²) < 4.78 is 14.3. The number of carbonyl (C=O) groups excluding carboxylic acids is 1. The molecule has 9 heteroatoms. The number of nitrogens with zero attached hydrogens (tertiary/aromatic N) is 4. The van der Waals surface area contributed by atoms with Gasteiger partial charge in [0.05, 0.1) is 24.8 Å². The normalized spacial score (nSPS) is 13.2. The Balaban J connectivity index is 1.58. The maximum Gasteiger partial charge on any atom is 0.311 e. The number of para-hydroxylation sites is 1. The van der Waals surface area contributed by atoms with Crippen molar-refractivity contribution < 1.29 is 14.0 Å². The quantitative estimate of drug-likeness (QED) is 0.0287. The number of benzene rings is 1. The summed E-state index contributed by atoms with van der Waals surface area (Å²) in [4.78, 5) is 13.3. The van der Waals surface area contributed by atoms with E-state index in [9.17, 15) is 4.79 Å². The number of thioether (sulfide) groups is 1. The lowest BCUT2D eigenvalue weighted by molar-refractivity contribution is -0.149. The number of esters is 1. The molecule has 0 amide bonds. The van der Waals surface area contributed by atoms with E-state index in [0.717, 1.165) is 48.7 Å². The SMILES string of the molecule is CCCCCCCCCCCCCCCCCCCCCCCC[C@@H](C(=O)OC)[C@@H](CCCCCCCCCSc1nnnn1-c1ccccc1)O[Si](C)(C)C(C)(C)C. The number of tetrazole rings is 1. The number of hydrogen-bond acceptors (Lipinski definition) is 7. The van der Waals surface area contributed by atoms with Gasteiger partial charge in [-0.25, -0.2) is 0 Å². The molecule has 0 unspecified atom stereocenters. The topological polar surface area (TPSA) is 79.1 Å². The lowest BCUT2D eigenvalue weighted by Crippen LogP contribution is -2.47. The zero-order chi connectivity index (χ0) is 42.9. The summed E-state index contributed by atoms with van der Waals surface area (Å²) in [5.41, 5.74) is 0.996. The fourth-order valence-electron chi connectivity index (χ4n) is 7.97. The van der Waals surface area contributed by atoms with Gasteiger partial charge < -0.3 is 9.16 Å². The van der Waals surface area contributed by atoms with Crippen molar-refractivity contribution in [3.63, 3.8) is 0 Å². The predicted molar refractivity (Wildman–Crippen MR) is 256 cm³/mol. The van der Waals surface area contributed by atoms with Gasteiger partial charge in [0.1, 0.15) is 0 Å². The molecule has 0 N–H and O–H groups in total. The van der Waals surface area contributed by atoms with Crippen LogP contribution in [-0.2, 0) is 14.0 Å². The van der Waals surface area contributed by atoms with Crippen LogP contribution < -0.4 is 0 Å². The van der Waals surface area contributed by atoms with Crippen molar-refractivity contribution in [2.75, 3.05) is 12.9 Å². The number of unbranched alkanes of at least 4 members (excludes halogenated alkanes) is 27. The zero-order valence-corrected chi connectivity index (χ0v) is 41.4. The summed E-state index contributed by atoms with van der Waals surface area (Å²) in [5.74, 6) is 0.779. The molecule has 1 aromatic carbocycles. The average Bonchev–Trinajstić information content (AvgIpc) is 3.69. The molecular formula is C50H92N4O3SSi. The third-order valence-electron chi connectivity index (χ3n) is 12.9. The first-order valence-corrected chi connectivity index (χ1v) is 28.7. The Kier molecular flexibility index (Phi) is 30.7. The van der Waals surface area contributed by atoms with Gasteiger partial charge in [-0.15, -0.1) is 5.10 Å². The van der Waals surface area contributed by atoms with Gasteiger partial charge in [0.25, 0.3) is 0 Å². The van der Waals surface area contributed by atoms with Crippen LogP contribution in [0.3, 0.4) is 0 Å². The monoisotopic (exact) mass is 857 g/mol. The van der Waals surface area contributed by atoms with Crippen molar-refractivity contribution in [2.45, 2.75) is 256 Å². The van der Waals surface area contributed by atoms with E-state index < -0.39 is 8.32 Å². The van der Waals surface area contributed by atoms with E-state index in [1.807, 2.05) is 35.0 Å². The summed E-state index contributed by atoms with van der Waals surface area (Å²) in [7, 11) is -0.492. The van der Waals surface area contributed by atoms with Crippen LogP contribution in [0.4, 0.5) is 0 Å². The highest BCUT2D eigenvalue weighted by atomic mass is 32.2. The Morgan fingerprint density at radius 3 is 1.51 bits per heavy atom. The van der Waals surface area contributed by atoms with E-state index in [4.69, 9.17) is 9.16 Å². The van der Waals surface area contributed by atoms with Crippen LogP contribution in [0, 0.1) is 5.92 Å². The largest absolute Gasteiger partial charge is 0.469 e. The molecule has 340 valence electrons. The Bertz CT molecular complexity index is 1270. The molecule has 0 radical (unpaired) electrons. The fraction of sp³-hybridized carbons (Fsp3) is 0.840. The predicted octanol–water partition coefficient (Wildman–Crippen LogP) is 16.0. The molecule has 59 heavy (non-hydrogen) atoms. The van der Waals surface area contributed by atoms with Crippen LogP contribution in [0.25, 0.3) is 5.69 Å². The minimum atomic E-state index is -2.05. The minimum absolute atomic E-state index is 0.0531. The van der Waals surface area contributed by atoms with Crippen molar-refractivity contribution in [1.29, 1.82) is 0 Å². The van der Waals surface area contributed by atoms with E-state index in [0.29, 0.717) is 0 Å². The third-order valence-corrected chi connectivity index (χ3v) is 18.4. The molecule has 0 saturated carbocycles. The lowest BCUT2D eigenvalue weighted by Gasteiger charge is -2.41. The number of aromatic nitrogens is 4. The molecule has 0 saturated heterocycles. The van der Waals surface area contributed by atoms with Gasteiger partial charge in [-0.05, 0) is 60.0 Å². The highest BCUT2D eigenvalue weighted by Gasteiger charge is 2.42. The van der Waals surface area contributed by atoms with Crippen molar-refractivity contribution in [1.82, 2.24) is 20.2 Å². The minimum Gasteiger partial charge on any atom is -0.469 e. The molecule has 2 aromatic rings. The molecule has 0 aliphatic heterocycles. The van der Waals surface area contributed by atoms with E-state index in [2.05, 4.69) is 56.3 Å². The third kappa shape index (κ3) is 25.1.